The molecule has 6 nitrogen and oxygen atoms in total. The summed E-state index contributed by atoms with van der Waals surface area (Å²) < 4.78 is 35.8. The van der Waals surface area contributed by atoms with Crippen LogP contribution in [0.1, 0.15) is 11.1 Å². The van der Waals surface area contributed by atoms with E-state index in [1.807, 2.05) is 0 Å². The van der Waals surface area contributed by atoms with Crippen LogP contribution in [-0.4, -0.2) is 31.3 Å². The quantitative estimate of drug-likeness (QED) is 0.607. The van der Waals surface area contributed by atoms with Crippen LogP contribution < -0.4 is 5.14 Å². The second kappa shape index (κ2) is 6.66. The van der Waals surface area contributed by atoms with Gasteiger partial charge in [-0.05, 0) is 42.3 Å². The fraction of sp³-hybridized carbons (Fsp3) is 0.118. The molecule has 0 saturated heterocycles. The third-order valence-corrected chi connectivity index (χ3v) is 4.71. The Morgan fingerprint density at radius 2 is 1.92 bits per heavy atom. The largest absolute Gasteiger partial charge is 0.494 e. The van der Waals surface area contributed by atoms with E-state index in [-0.39, 0.29) is 10.8 Å². The van der Waals surface area contributed by atoms with Gasteiger partial charge in [0.15, 0.2) is 5.88 Å². The summed E-state index contributed by atoms with van der Waals surface area (Å²) in [5.74, 6) is -0.460. The van der Waals surface area contributed by atoms with Crippen molar-refractivity contribution in [1.29, 1.82) is 0 Å². The van der Waals surface area contributed by atoms with Crippen LogP contribution in [0.25, 0.3) is 10.9 Å². The molecule has 4 N–H and O–H groups in total. The highest BCUT2D eigenvalue weighted by Crippen LogP contribution is 2.26. The SMILES string of the molecule is NS(=O)(=O)c1ccc(CCN=Cc2c(O)[nH]c3ccc(F)cc23)cc1. The van der Waals surface area contributed by atoms with Gasteiger partial charge < -0.3 is 10.1 Å². The number of aromatic amines is 1. The number of hydrogen-bond acceptors (Lipinski definition) is 4. The Bertz CT molecular complexity index is 1040. The summed E-state index contributed by atoms with van der Waals surface area (Å²) in [5, 5.41) is 15.5. The summed E-state index contributed by atoms with van der Waals surface area (Å²) in [6, 6.07) is 10.4. The molecule has 130 valence electrons. The molecule has 0 amide bonds. The maximum Gasteiger partial charge on any atom is 0.238 e. The summed E-state index contributed by atoms with van der Waals surface area (Å²) in [6.45, 7) is 0.427. The molecule has 2 aromatic carbocycles. The van der Waals surface area contributed by atoms with Crippen molar-refractivity contribution in [2.45, 2.75) is 11.3 Å². The molecular weight excluding hydrogens is 345 g/mol. The van der Waals surface area contributed by atoms with E-state index >= 15 is 0 Å². The number of fused-ring (bicyclic) bond motifs is 1. The molecule has 0 fully saturated rings. The summed E-state index contributed by atoms with van der Waals surface area (Å²) in [7, 11) is -3.69. The van der Waals surface area contributed by atoms with Crippen molar-refractivity contribution in [1.82, 2.24) is 4.98 Å². The van der Waals surface area contributed by atoms with Gasteiger partial charge in [-0.15, -0.1) is 0 Å². The van der Waals surface area contributed by atoms with E-state index in [0.717, 1.165) is 5.56 Å². The highest BCUT2D eigenvalue weighted by atomic mass is 32.2. The molecule has 1 aromatic heterocycles. The van der Waals surface area contributed by atoms with Crippen molar-refractivity contribution in [3.8, 4) is 5.88 Å². The number of benzene rings is 2. The number of nitrogens with two attached hydrogens (primary N) is 1. The molecule has 1 heterocycles. The first-order valence-corrected chi connectivity index (χ1v) is 9.01. The van der Waals surface area contributed by atoms with Crippen molar-refractivity contribution in [3.05, 3.63) is 59.4 Å². The summed E-state index contributed by atoms with van der Waals surface area (Å²) in [6.07, 6.45) is 2.07. The van der Waals surface area contributed by atoms with Crippen LogP contribution in [-0.2, 0) is 16.4 Å². The third-order valence-electron chi connectivity index (χ3n) is 3.78. The number of aromatic nitrogens is 1. The van der Waals surface area contributed by atoms with Gasteiger partial charge in [-0.25, -0.2) is 17.9 Å². The zero-order chi connectivity index (χ0) is 18.0. The van der Waals surface area contributed by atoms with E-state index in [0.29, 0.717) is 29.4 Å². The lowest BCUT2D eigenvalue weighted by molar-refractivity contribution is 0.457. The molecular formula is C17H16FN3O3S. The Labute approximate surface area is 143 Å². The number of nitrogens with one attached hydrogen (secondary N) is 1. The lowest BCUT2D eigenvalue weighted by Gasteiger charge is -2.01. The van der Waals surface area contributed by atoms with Crippen molar-refractivity contribution in [3.63, 3.8) is 0 Å². The average molecular weight is 361 g/mol. The van der Waals surface area contributed by atoms with Crippen LogP contribution in [0.2, 0.25) is 0 Å². The molecule has 8 heteroatoms. The molecule has 25 heavy (non-hydrogen) atoms. The van der Waals surface area contributed by atoms with E-state index in [1.54, 1.807) is 18.2 Å². The number of aliphatic imine (C=N–C) groups is 1. The van der Waals surface area contributed by atoms with Crippen LogP contribution in [0.4, 0.5) is 4.39 Å². The summed E-state index contributed by atoms with van der Waals surface area (Å²) >= 11 is 0. The first-order chi connectivity index (χ1) is 11.8. The molecule has 0 aliphatic rings. The standard InChI is InChI=1S/C17H16FN3O3S/c18-12-3-6-16-14(9-12)15(17(22)21-16)10-20-8-7-11-1-4-13(5-2-11)25(19,23)24/h1-6,9-10,21-22H,7-8H2,(H2,19,23,24). The van der Waals surface area contributed by atoms with Crippen molar-refractivity contribution >= 4 is 27.1 Å². The normalized spacial score (nSPS) is 12.2. The van der Waals surface area contributed by atoms with Crippen LogP contribution >= 0.6 is 0 Å². The zero-order valence-electron chi connectivity index (χ0n) is 13.1. The maximum atomic E-state index is 13.4. The predicted octanol–water partition coefficient (Wildman–Crippen LogP) is 2.32. The monoisotopic (exact) mass is 361 g/mol. The molecule has 3 aromatic rings. The smallest absolute Gasteiger partial charge is 0.238 e. The molecule has 0 aliphatic heterocycles. The number of hydrogen-bond donors (Lipinski definition) is 3. The fourth-order valence-corrected chi connectivity index (χ4v) is 3.01. The Hall–Kier alpha value is -2.71. The van der Waals surface area contributed by atoms with Crippen molar-refractivity contribution in [2.24, 2.45) is 10.1 Å². The topological polar surface area (TPSA) is 109 Å². The van der Waals surface area contributed by atoms with E-state index in [9.17, 15) is 17.9 Å². The van der Waals surface area contributed by atoms with Gasteiger partial charge in [0.1, 0.15) is 5.82 Å². The highest BCUT2D eigenvalue weighted by molar-refractivity contribution is 7.89. The molecule has 0 aliphatic carbocycles. The van der Waals surface area contributed by atoms with Gasteiger partial charge in [0.2, 0.25) is 10.0 Å². The van der Waals surface area contributed by atoms with Crippen LogP contribution in [0.3, 0.4) is 0 Å². The van der Waals surface area contributed by atoms with Crippen molar-refractivity contribution in [2.75, 3.05) is 6.54 Å². The molecule has 0 spiro atoms. The van der Waals surface area contributed by atoms with Gasteiger partial charge in [0.05, 0.1) is 10.5 Å². The lowest BCUT2D eigenvalue weighted by Crippen LogP contribution is -2.11. The second-order valence-corrected chi connectivity index (χ2v) is 7.11. The number of sulfonamides is 1. The first kappa shape index (κ1) is 17.1. The van der Waals surface area contributed by atoms with E-state index in [1.165, 1.54) is 30.5 Å². The number of H-pyrrole nitrogens is 1. The van der Waals surface area contributed by atoms with E-state index in [2.05, 4.69) is 9.98 Å². The molecule has 0 unspecified atom stereocenters. The Kier molecular flexibility index (Phi) is 4.56. The number of nitrogens with zero attached hydrogens (tertiary/aromatic N) is 1. The highest BCUT2D eigenvalue weighted by Gasteiger charge is 2.09. The maximum absolute atomic E-state index is 13.4. The first-order valence-electron chi connectivity index (χ1n) is 7.46. The Balaban J connectivity index is 1.70. The Morgan fingerprint density at radius 3 is 2.60 bits per heavy atom. The average Bonchev–Trinajstić information content (AvgIpc) is 2.86. The second-order valence-electron chi connectivity index (χ2n) is 5.55. The van der Waals surface area contributed by atoms with Gasteiger partial charge in [-0.3, -0.25) is 4.99 Å². The molecule has 0 bridgehead atoms. The van der Waals surface area contributed by atoms with Crippen LogP contribution in [0, 0.1) is 5.82 Å². The molecule has 0 atom stereocenters. The minimum Gasteiger partial charge on any atom is -0.494 e. The van der Waals surface area contributed by atoms with Gasteiger partial charge in [-0.2, -0.15) is 0 Å². The Morgan fingerprint density at radius 1 is 1.20 bits per heavy atom. The van der Waals surface area contributed by atoms with Crippen LogP contribution in [0.15, 0.2) is 52.4 Å². The van der Waals surface area contributed by atoms with Gasteiger partial charge in [-0.1, -0.05) is 12.1 Å². The number of halogens is 1. The van der Waals surface area contributed by atoms with Gasteiger partial charge >= 0.3 is 0 Å². The lowest BCUT2D eigenvalue weighted by atomic mass is 10.1. The number of primary sulfonamides is 1. The van der Waals surface area contributed by atoms with E-state index < -0.39 is 15.8 Å². The summed E-state index contributed by atoms with van der Waals surface area (Å²) in [5.41, 5.74) is 1.96. The molecule has 0 saturated carbocycles. The van der Waals surface area contributed by atoms with Crippen LogP contribution in [0.5, 0.6) is 5.88 Å². The van der Waals surface area contributed by atoms with Crippen molar-refractivity contribution < 1.29 is 17.9 Å². The number of rotatable bonds is 5. The van der Waals surface area contributed by atoms with E-state index in [4.69, 9.17) is 5.14 Å². The fourth-order valence-electron chi connectivity index (χ4n) is 2.50. The third kappa shape index (κ3) is 3.86. The number of aromatic hydroxyl groups is 1. The zero-order valence-corrected chi connectivity index (χ0v) is 13.9. The summed E-state index contributed by atoms with van der Waals surface area (Å²) in [4.78, 5) is 7.07. The predicted molar refractivity (Wildman–Crippen MR) is 93.9 cm³/mol. The molecule has 0 radical (unpaired) electrons. The van der Waals surface area contributed by atoms with Gasteiger partial charge in [0.25, 0.3) is 0 Å². The molecule has 3 rings (SSSR count). The van der Waals surface area contributed by atoms with Gasteiger partial charge in [0, 0.05) is 23.7 Å². The minimum atomic E-state index is -3.69. The minimum absolute atomic E-state index is 0.0606.